The van der Waals surface area contributed by atoms with Crippen molar-refractivity contribution in [2.24, 2.45) is 7.05 Å². The van der Waals surface area contributed by atoms with E-state index in [9.17, 15) is 9.59 Å². The van der Waals surface area contributed by atoms with Gasteiger partial charge in [-0.3, -0.25) is 9.36 Å². The highest BCUT2D eigenvalue weighted by Crippen LogP contribution is 1.74. The topological polar surface area (TPSA) is 44.0 Å². The predicted molar refractivity (Wildman–Crippen MR) is 46.1 cm³/mol. The van der Waals surface area contributed by atoms with Gasteiger partial charge in [0.2, 0.25) is 0 Å². The summed E-state index contributed by atoms with van der Waals surface area (Å²) in [6.45, 7) is 3.72. The molecule has 0 bridgehead atoms. The monoisotopic (exact) mass is 166 g/mol. The molecule has 0 amide bonds. The maximum Gasteiger partial charge on any atom is 0.330 e. The molecule has 12 heavy (non-hydrogen) atoms. The number of aromatic nitrogens is 2. The fraction of sp³-hybridized carbons (Fsp3) is 0.250. The van der Waals surface area contributed by atoms with Gasteiger partial charge in [-0.25, -0.2) is 4.79 Å². The van der Waals surface area contributed by atoms with Gasteiger partial charge in [0.05, 0.1) is 0 Å². The van der Waals surface area contributed by atoms with Crippen LogP contribution in [0.3, 0.4) is 0 Å². The summed E-state index contributed by atoms with van der Waals surface area (Å²) >= 11 is 0. The Labute approximate surface area is 69.4 Å². The van der Waals surface area contributed by atoms with Crippen molar-refractivity contribution in [3.8, 4) is 0 Å². The van der Waals surface area contributed by atoms with E-state index in [4.69, 9.17) is 0 Å². The zero-order valence-electron chi connectivity index (χ0n) is 6.86. The van der Waals surface area contributed by atoms with E-state index in [1.54, 1.807) is 7.05 Å². The number of hydrogen-bond acceptors (Lipinski definition) is 2. The molecule has 1 heterocycles. The molecule has 0 saturated heterocycles. The Morgan fingerprint density at radius 3 is 2.83 bits per heavy atom. The van der Waals surface area contributed by atoms with Gasteiger partial charge < -0.3 is 4.57 Å². The van der Waals surface area contributed by atoms with Crippen LogP contribution in [0.5, 0.6) is 0 Å². The Bertz CT molecular complexity index is 400. The van der Waals surface area contributed by atoms with Crippen molar-refractivity contribution >= 4 is 0 Å². The molecule has 0 atom stereocenters. The normalized spacial score (nSPS) is 9.75. The number of rotatable bonds is 2. The van der Waals surface area contributed by atoms with Crippen LogP contribution in [0.15, 0.2) is 34.5 Å². The summed E-state index contributed by atoms with van der Waals surface area (Å²) in [6, 6.07) is 1.35. The highest BCUT2D eigenvalue weighted by molar-refractivity contribution is 4.87. The third-order valence-corrected chi connectivity index (χ3v) is 1.55. The molecule has 0 aliphatic carbocycles. The maximum absolute atomic E-state index is 11.3. The standard InChI is InChI=1S/C8H10N2O2/c1-3-5-10-7(11)4-6-9(2)8(10)12/h3-4,6H,1,5H2,2H3. The van der Waals surface area contributed by atoms with E-state index in [2.05, 4.69) is 6.58 Å². The second-order valence-corrected chi connectivity index (χ2v) is 2.45. The average molecular weight is 166 g/mol. The van der Waals surface area contributed by atoms with Crippen molar-refractivity contribution in [2.75, 3.05) is 0 Å². The van der Waals surface area contributed by atoms with Crippen LogP contribution in [0.25, 0.3) is 0 Å². The molecule has 0 N–H and O–H groups in total. The molecular formula is C8H10N2O2. The molecular weight excluding hydrogens is 156 g/mol. The van der Waals surface area contributed by atoms with Crippen LogP contribution in [0.2, 0.25) is 0 Å². The first kappa shape index (κ1) is 8.52. The minimum Gasteiger partial charge on any atom is -0.303 e. The molecule has 0 fully saturated rings. The Kier molecular flexibility index (Phi) is 2.28. The Morgan fingerprint density at radius 2 is 2.25 bits per heavy atom. The van der Waals surface area contributed by atoms with Gasteiger partial charge in [0.15, 0.2) is 0 Å². The maximum atomic E-state index is 11.3. The molecule has 0 radical (unpaired) electrons. The summed E-state index contributed by atoms with van der Waals surface area (Å²) in [7, 11) is 1.60. The summed E-state index contributed by atoms with van der Waals surface area (Å²) < 4.78 is 2.47. The molecule has 4 heteroatoms. The van der Waals surface area contributed by atoms with Crippen LogP contribution in [0.1, 0.15) is 0 Å². The van der Waals surface area contributed by atoms with Gasteiger partial charge in [-0.05, 0) is 0 Å². The first-order valence-corrected chi connectivity index (χ1v) is 3.54. The number of aryl methyl sites for hydroxylation is 1. The minimum atomic E-state index is -0.317. The SMILES string of the molecule is C=CCn1c(=O)ccn(C)c1=O. The first-order chi connectivity index (χ1) is 5.66. The molecule has 1 rings (SSSR count). The summed E-state index contributed by atoms with van der Waals surface area (Å²) in [5, 5.41) is 0. The summed E-state index contributed by atoms with van der Waals surface area (Å²) in [6.07, 6.45) is 2.97. The second-order valence-electron chi connectivity index (χ2n) is 2.45. The zero-order valence-corrected chi connectivity index (χ0v) is 6.86. The van der Waals surface area contributed by atoms with E-state index in [1.807, 2.05) is 0 Å². The van der Waals surface area contributed by atoms with Gasteiger partial charge in [0.1, 0.15) is 0 Å². The van der Waals surface area contributed by atoms with Gasteiger partial charge in [-0.1, -0.05) is 6.08 Å². The summed E-state index contributed by atoms with van der Waals surface area (Å²) in [5.41, 5.74) is -0.611. The Balaban J connectivity index is 3.43. The van der Waals surface area contributed by atoms with Crippen LogP contribution in [0, 0.1) is 0 Å². The molecule has 0 aliphatic rings. The van der Waals surface area contributed by atoms with Gasteiger partial charge in [0.25, 0.3) is 5.56 Å². The van der Waals surface area contributed by atoms with E-state index in [-0.39, 0.29) is 17.8 Å². The van der Waals surface area contributed by atoms with E-state index < -0.39 is 0 Å². The minimum absolute atomic E-state index is 0.256. The van der Waals surface area contributed by atoms with Crippen LogP contribution in [0.4, 0.5) is 0 Å². The molecule has 0 aromatic carbocycles. The number of hydrogen-bond donors (Lipinski definition) is 0. The van der Waals surface area contributed by atoms with Gasteiger partial charge in [-0.2, -0.15) is 0 Å². The highest BCUT2D eigenvalue weighted by atomic mass is 16.2. The summed E-state index contributed by atoms with van der Waals surface area (Å²) in [5.74, 6) is 0. The Hall–Kier alpha value is -1.58. The molecule has 1 aromatic heterocycles. The number of nitrogens with zero attached hydrogens (tertiary/aromatic N) is 2. The van der Waals surface area contributed by atoms with Gasteiger partial charge in [0, 0.05) is 25.9 Å². The van der Waals surface area contributed by atoms with E-state index >= 15 is 0 Å². The van der Waals surface area contributed by atoms with E-state index in [1.165, 1.54) is 22.9 Å². The van der Waals surface area contributed by atoms with E-state index in [0.29, 0.717) is 0 Å². The second kappa shape index (κ2) is 3.21. The van der Waals surface area contributed by atoms with Gasteiger partial charge in [-0.15, -0.1) is 6.58 Å². The molecule has 4 nitrogen and oxygen atoms in total. The fourth-order valence-electron chi connectivity index (χ4n) is 0.911. The van der Waals surface area contributed by atoms with Crippen molar-refractivity contribution in [2.45, 2.75) is 6.54 Å². The smallest absolute Gasteiger partial charge is 0.303 e. The molecule has 0 unspecified atom stereocenters. The lowest BCUT2D eigenvalue weighted by atomic mass is 10.5. The van der Waals surface area contributed by atoms with Gasteiger partial charge >= 0.3 is 5.69 Å². The fourth-order valence-corrected chi connectivity index (χ4v) is 0.911. The van der Waals surface area contributed by atoms with Crippen molar-refractivity contribution in [3.05, 3.63) is 45.8 Å². The molecule has 1 aromatic rings. The van der Waals surface area contributed by atoms with Crippen molar-refractivity contribution in [1.29, 1.82) is 0 Å². The molecule has 0 spiro atoms. The van der Waals surface area contributed by atoms with Crippen LogP contribution in [-0.2, 0) is 13.6 Å². The third-order valence-electron chi connectivity index (χ3n) is 1.55. The molecule has 0 saturated carbocycles. The lowest BCUT2D eigenvalue weighted by molar-refractivity contribution is 0.649. The third kappa shape index (κ3) is 1.37. The lowest BCUT2D eigenvalue weighted by Crippen LogP contribution is -2.37. The van der Waals surface area contributed by atoms with E-state index in [0.717, 1.165) is 4.57 Å². The van der Waals surface area contributed by atoms with Crippen molar-refractivity contribution in [3.63, 3.8) is 0 Å². The summed E-state index contributed by atoms with van der Waals surface area (Å²) in [4.78, 5) is 22.3. The largest absolute Gasteiger partial charge is 0.330 e. The Morgan fingerprint density at radius 1 is 1.58 bits per heavy atom. The predicted octanol–water partition coefficient (Wildman–Crippen LogP) is -0.267. The van der Waals surface area contributed by atoms with Crippen LogP contribution >= 0.6 is 0 Å². The van der Waals surface area contributed by atoms with Crippen molar-refractivity contribution in [1.82, 2.24) is 9.13 Å². The zero-order chi connectivity index (χ0) is 9.14. The lowest BCUT2D eigenvalue weighted by Gasteiger charge is -2.01. The van der Waals surface area contributed by atoms with Crippen LogP contribution < -0.4 is 11.2 Å². The molecule has 0 aliphatic heterocycles. The molecule has 64 valence electrons. The first-order valence-electron chi connectivity index (χ1n) is 3.54. The quantitative estimate of drug-likeness (QED) is 0.568. The number of allylic oxidation sites excluding steroid dienone is 1. The van der Waals surface area contributed by atoms with Crippen molar-refractivity contribution < 1.29 is 0 Å². The van der Waals surface area contributed by atoms with Crippen LogP contribution in [-0.4, -0.2) is 9.13 Å². The average Bonchev–Trinajstić information content (AvgIpc) is 2.06. The highest BCUT2D eigenvalue weighted by Gasteiger charge is 1.98.